The van der Waals surface area contributed by atoms with Crippen LogP contribution in [0.1, 0.15) is 36.5 Å². The molecule has 0 unspecified atom stereocenters. The van der Waals surface area contributed by atoms with E-state index in [0.717, 1.165) is 35.9 Å². The van der Waals surface area contributed by atoms with Crippen molar-refractivity contribution in [2.24, 2.45) is 0 Å². The Morgan fingerprint density at radius 3 is 2.70 bits per heavy atom. The van der Waals surface area contributed by atoms with Crippen molar-refractivity contribution in [3.63, 3.8) is 0 Å². The van der Waals surface area contributed by atoms with E-state index in [1.54, 1.807) is 16.2 Å². The number of hydrogen-bond acceptors (Lipinski definition) is 5. The summed E-state index contributed by atoms with van der Waals surface area (Å²) in [4.78, 5) is 15.9. The summed E-state index contributed by atoms with van der Waals surface area (Å²) >= 11 is 3.24. The van der Waals surface area contributed by atoms with Crippen molar-refractivity contribution in [3.8, 4) is 0 Å². The molecule has 0 saturated heterocycles. The van der Waals surface area contributed by atoms with Gasteiger partial charge in [-0.2, -0.15) is 0 Å². The van der Waals surface area contributed by atoms with Gasteiger partial charge < -0.3 is 9.47 Å². The molecule has 1 aliphatic rings. The standard InChI is InChI=1S/C20H22N4OS2/c1-14(19(25)23(2)15-7-4-3-5-8-15)27-20-22-21-18(24(20)16-10-11-16)13-17-9-6-12-26-17/h3-9,12,14,16H,10-11,13H2,1-2H3/t14-/m0/s1. The van der Waals surface area contributed by atoms with E-state index in [1.165, 1.54) is 16.6 Å². The monoisotopic (exact) mass is 398 g/mol. The Kier molecular flexibility index (Phi) is 5.31. The summed E-state index contributed by atoms with van der Waals surface area (Å²) in [6.07, 6.45) is 3.12. The number of rotatable bonds is 7. The van der Waals surface area contributed by atoms with Crippen LogP contribution in [0.3, 0.4) is 0 Å². The van der Waals surface area contributed by atoms with Gasteiger partial charge >= 0.3 is 0 Å². The lowest BCUT2D eigenvalue weighted by Crippen LogP contribution is -2.33. The molecule has 27 heavy (non-hydrogen) atoms. The van der Waals surface area contributed by atoms with Crippen LogP contribution in [-0.2, 0) is 11.2 Å². The van der Waals surface area contributed by atoms with Gasteiger partial charge in [-0.1, -0.05) is 36.0 Å². The molecule has 0 N–H and O–H groups in total. The van der Waals surface area contributed by atoms with E-state index in [-0.39, 0.29) is 11.2 Å². The van der Waals surface area contributed by atoms with E-state index < -0.39 is 0 Å². The maximum absolute atomic E-state index is 12.9. The Morgan fingerprint density at radius 2 is 2.04 bits per heavy atom. The largest absolute Gasteiger partial charge is 0.315 e. The second kappa shape index (κ2) is 7.86. The second-order valence-electron chi connectivity index (χ2n) is 6.75. The molecule has 1 aliphatic carbocycles. The smallest absolute Gasteiger partial charge is 0.240 e. The van der Waals surface area contributed by atoms with Crippen molar-refractivity contribution in [1.82, 2.24) is 14.8 Å². The topological polar surface area (TPSA) is 51.0 Å². The SMILES string of the molecule is C[C@H](Sc1nnc(Cc2cccs2)n1C1CC1)C(=O)N(C)c1ccccc1. The minimum atomic E-state index is -0.230. The summed E-state index contributed by atoms with van der Waals surface area (Å²) in [7, 11) is 1.82. The van der Waals surface area contributed by atoms with E-state index in [9.17, 15) is 4.79 Å². The van der Waals surface area contributed by atoms with Crippen LogP contribution >= 0.6 is 23.1 Å². The van der Waals surface area contributed by atoms with Gasteiger partial charge in [0.2, 0.25) is 5.91 Å². The van der Waals surface area contributed by atoms with Crippen LogP contribution in [0, 0.1) is 0 Å². The number of aromatic nitrogens is 3. The molecule has 3 aromatic rings. The summed E-state index contributed by atoms with van der Waals surface area (Å²) in [5, 5.41) is 11.6. The number of carbonyl (C=O) groups excluding carboxylic acids is 1. The lowest BCUT2D eigenvalue weighted by atomic mass is 10.3. The molecule has 5 nitrogen and oxygen atoms in total. The molecule has 1 atom stereocenters. The quantitative estimate of drug-likeness (QED) is 0.553. The number of thioether (sulfide) groups is 1. The molecule has 0 radical (unpaired) electrons. The van der Waals surface area contributed by atoms with Crippen molar-refractivity contribution in [3.05, 3.63) is 58.5 Å². The zero-order valence-electron chi connectivity index (χ0n) is 15.4. The Hall–Kier alpha value is -2.12. The predicted octanol–water partition coefficient (Wildman–Crippen LogP) is 4.41. The molecule has 1 aromatic carbocycles. The first-order chi connectivity index (χ1) is 13.1. The molecule has 7 heteroatoms. The number of benzene rings is 1. The molecule has 2 aromatic heterocycles. The maximum atomic E-state index is 12.9. The van der Waals surface area contributed by atoms with Gasteiger partial charge in [-0.05, 0) is 43.3 Å². The lowest BCUT2D eigenvalue weighted by molar-refractivity contribution is -0.117. The van der Waals surface area contributed by atoms with Gasteiger partial charge in [-0.3, -0.25) is 4.79 Å². The van der Waals surface area contributed by atoms with E-state index in [4.69, 9.17) is 0 Å². The maximum Gasteiger partial charge on any atom is 0.240 e. The van der Waals surface area contributed by atoms with Crippen molar-refractivity contribution in [1.29, 1.82) is 0 Å². The van der Waals surface area contributed by atoms with Gasteiger partial charge in [0.25, 0.3) is 0 Å². The number of hydrogen-bond donors (Lipinski definition) is 0. The van der Waals surface area contributed by atoms with Crippen LogP contribution in [0.15, 0.2) is 53.0 Å². The number of para-hydroxylation sites is 1. The zero-order chi connectivity index (χ0) is 18.8. The number of thiophene rings is 1. The van der Waals surface area contributed by atoms with Crippen LogP contribution in [0.25, 0.3) is 0 Å². The summed E-state index contributed by atoms with van der Waals surface area (Å²) in [6, 6.07) is 14.4. The molecule has 140 valence electrons. The van der Waals surface area contributed by atoms with Crippen LogP contribution in [0.5, 0.6) is 0 Å². The fourth-order valence-corrected chi connectivity index (χ4v) is 4.77. The van der Waals surface area contributed by atoms with Crippen molar-refractivity contribution < 1.29 is 4.79 Å². The van der Waals surface area contributed by atoms with Crippen LogP contribution in [0.4, 0.5) is 5.69 Å². The molecule has 0 aliphatic heterocycles. The molecular formula is C20H22N4OS2. The van der Waals surface area contributed by atoms with Gasteiger partial charge in [0, 0.05) is 30.1 Å². The summed E-state index contributed by atoms with van der Waals surface area (Å²) in [5.74, 6) is 1.06. The van der Waals surface area contributed by atoms with Crippen LogP contribution < -0.4 is 4.90 Å². The minimum absolute atomic E-state index is 0.0661. The first kappa shape index (κ1) is 18.3. The first-order valence-corrected chi connectivity index (χ1v) is 10.8. The van der Waals surface area contributed by atoms with Crippen LogP contribution in [0.2, 0.25) is 0 Å². The molecule has 4 rings (SSSR count). The zero-order valence-corrected chi connectivity index (χ0v) is 17.0. The molecule has 1 saturated carbocycles. The highest BCUT2D eigenvalue weighted by Gasteiger charge is 2.31. The predicted molar refractivity (Wildman–Crippen MR) is 111 cm³/mol. The second-order valence-corrected chi connectivity index (χ2v) is 9.09. The molecule has 1 amide bonds. The van der Waals surface area contributed by atoms with Gasteiger partial charge in [-0.15, -0.1) is 21.5 Å². The third-order valence-electron chi connectivity index (χ3n) is 4.66. The first-order valence-electron chi connectivity index (χ1n) is 9.09. The molecule has 2 heterocycles. The highest BCUT2D eigenvalue weighted by Crippen LogP contribution is 2.40. The Bertz CT molecular complexity index is 903. The number of nitrogens with zero attached hydrogens (tertiary/aromatic N) is 4. The Labute approximate surface area is 167 Å². The summed E-state index contributed by atoms with van der Waals surface area (Å²) < 4.78 is 2.25. The third-order valence-corrected chi connectivity index (χ3v) is 6.58. The van der Waals surface area contributed by atoms with Gasteiger partial charge in [0.05, 0.1) is 5.25 Å². The Balaban J connectivity index is 1.50. The number of amides is 1. The fourth-order valence-electron chi connectivity index (χ4n) is 3.04. The van der Waals surface area contributed by atoms with E-state index in [2.05, 4.69) is 32.3 Å². The fraction of sp³-hybridized carbons (Fsp3) is 0.350. The van der Waals surface area contributed by atoms with Gasteiger partial charge in [0.15, 0.2) is 5.16 Å². The van der Waals surface area contributed by atoms with Gasteiger partial charge in [-0.25, -0.2) is 0 Å². The Morgan fingerprint density at radius 1 is 1.26 bits per heavy atom. The van der Waals surface area contributed by atoms with Crippen LogP contribution in [-0.4, -0.2) is 33.0 Å². The summed E-state index contributed by atoms with van der Waals surface area (Å²) in [5.41, 5.74) is 0.900. The van der Waals surface area contributed by atoms with Gasteiger partial charge in [0.1, 0.15) is 5.82 Å². The van der Waals surface area contributed by atoms with Crippen molar-refractivity contribution in [2.75, 3.05) is 11.9 Å². The number of anilines is 1. The average Bonchev–Trinajstić information content (AvgIpc) is 3.25. The van der Waals surface area contributed by atoms with E-state index in [0.29, 0.717) is 6.04 Å². The molecule has 1 fully saturated rings. The average molecular weight is 399 g/mol. The highest BCUT2D eigenvalue weighted by molar-refractivity contribution is 8.00. The minimum Gasteiger partial charge on any atom is -0.315 e. The number of carbonyl (C=O) groups is 1. The molecule has 0 bridgehead atoms. The van der Waals surface area contributed by atoms with E-state index >= 15 is 0 Å². The molecular weight excluding hydrogens is 376 g/mol. The normalized spacial score (nSPS) is 14.9. The van der Waals surface area contributed by atoms with Crippen molar-refractivity contribution in [2.45, 2.75) is 42.6 Å². The van der Waals surface area contributed by atoms with E-state index in [1.807, 2.05) is 44.3 Å². The van der Waals surface area contributed by atoms with Crippen molar-refractivity contribution >= 4 is 34.7 Å². The highest BCUT2D eigenvalue weighted by atomic mass is 32.2. The molecule has 0 spiro atoms. The summed E-state index contributed by atoms with van der Waals surface area (Å²) in [6.45, 7) is 1.94. The lowest BCUT2D eigenvalue weighted by Gasteiger charge is -2.21. The third kappa shape index (κ3) is 4.09.